The molecule has 0 rings (SSSR count). The van der Waals surface area contributed by atoms with Crippen molar-refractivity contribution >= 4 is 26.0 Å². The van der Waals surface area contributed by atoms with Gasteiger partial charge in [-0.2, -0.15) is 0 Å². The summed E-state index contributed by atoms with van der Waals surface area (Å²) < 4.78 is 49.0. The van der Waals surface area contributed by atoms with Crippen LogP contribution in [0.3, 0.4) is 0 Å². The minimum absolute atomic E-state index is 0.435. The van der Waals surface area contributed by atoms with Crippen molar-refractivity contribution in [3.05, 3.63) is 12.7 Å². The summed E-state index contributed by atoms with van der Waals surface area (Å²) in [5.41, 5.74) is 0. The molecule has 0 aromatic heterocycles. The Morgan fingerprint density at radius 2 is 1.93 bits per heavy atom. The van der Waals surface area contributed by atoms with E-state index in [1.807, 2.05) is 0 Å². The summed E-state index contributed by atoms with van der Waals surface area (Å²) in [6, 6.07) is 0. The van der Waals surface area contributed by atoms with Crippen molar-refractivity contribution in [2.75, 3.05) is 18.6 Å². The zero-order chi connectivity index (χ0) is 12.1. The molecule has 0 atom stereocenters. The maximum atomic E-state index is 11.0. The van der Waals surface area contributed by atoms with E-state index in [-0.39, 0.29) is 0 Å². The molecule has 7 nitrogen and oxygen atoms in total. The molecule has 15 heavy (non-hydrogen) atoms. The van der Waals surface area contributed by atoms with Gasteiger partial charge in [-0.15, -0.1) is 4.13 Å². The van der Waals surface area contributed by atoms with Crippen LogP contribution >= 0.6 is 0 Å². The molecule has 0 aliphatic heterocycles. The first-order chi connectivity index (χ1) is 6.66. The van der Waals surface area contributed by atoms with Crippen LogP contribution in [0.15, 0.2) is 12.7 Å². The van der Waals surface area contributed by atoms with Gasteiger partial charge in [0.05, 0.1) is 12.0 Å². The highest BCUT2D eigenvalue weighted by molar-refractivity contribution is 8.04. The molecule has 0 saturated carbocycles. The highest BCUT2D eigenvalue weighted by atomic mass is 32.3. The Bertz CT molecular complexity index is 434. The van der Waals surface area contributed by atoms with Crippen molar-refractivity contribution in [3.8, 4) is 0 Å². The number of hydrogen-bond donors (Lipinski definition) is 1. The Labute approximate surface area is 88.2 Å². The van der Waals surface area contributed by atoms with E-state index >= 15 is 0 Å². The fraction of sp³-hybridized carbons (Fsp3) is 0.500. The van der Waals surface area contributed by atoms with E-state index in [1.165, 1.54) is 4.13 Å². The van der Waals surface area contributed by atoms with Gasteiger partial charge in [-0.05, 0) is 0 Å². The molecular weight excluding hydrogens is 246 g/mol. The molecule has 9 heteroatoms. The van der Waals surface area contributed by atoms with Gasteiger partial charge >= 0.3 is 5.97 Å². The molecular formula is C6H11NO6S2. The molecule has 0 aromatic carbocycles. The van der Waals surface area contributed by atoms with Gasteiger partial charge in [-0.1, -0.05) is 6.58 Å². The summed E-state index contributed by atoms with van der Waals surface area (Å²) in [4.78, 5) is 10.5. The van der Waals surface area contributed by atoms with Gasteiger partial charge in [-0.3, -0.25) is 0 Å². The lowest BCUT2D eigenvalue weighted by atomic mass is 10.6. The van der Waals surface area contributed by atoms with Crippen molar-refractivity contribution in [2.24, 2.45) is 0 Å². The zero-order valence-corrected chi connectivity index (χ0v) is 9.60. The summed E-state index contributed by atoms with van der Waals surface area (Å²) in [5, 5.41) is 0. The van der Waals surface area contributed by atoms with E-state index in [4.69, 9.17) is 0 Å². The van der Waals surface area contributed by atoms with E-state index in [2.05, 4.69) is 11.3 Å². The summed E-state index contributed by atoms with van der Waals surface area (Å²) in [6.45, 7) is 2.66. The van der Waals surface area contributed by atoms with Gasteiger partial charge in [0.1, 0.15) is 6.61 Å². The zero-order valence-electron chi connectivity index (χ0n) is 7.96. The Morgan fingerprint density at radius 3 is 2.33 bits per heavy atom. The Morgan fingerprint density at radius 1 is 1.40 bits per heavy atom. The van der Waals surface area contributed by atoms with Crippen LogP contribution in [0.2, 0.25) is 0 Å². The van der Waals surface area contributed by atoms with Crippen LogP contribution in [0.4, 0.5) is 0 Å². The third-order valence-electron chi connectivity index (χ3n) is 1.04. The van der Waals surface area contributed by atoms with Crippen molar-refractivity contribution < 1.29 is 26.4 Å². The molecule has 1 N–H and O–H groups in total. The topological polar surface area (TPSA) is 107 Å². The van der Waals surface area contributed by atoms with E-state index in [1.54, 1.807) is 0 Å². The predicted octanol–water partition coefficient (Wildman–Crippen LogP) is -1.41. The monoisotopic (exact) mass is 257 g/mol. The standard InChI is InChI=1S/C6H11NO6S2/c1-3-6(8)13-4-5-15(11,12)7-14(2,9)10/h3,7H,1,4-5H2,2H3. The van der Waals surface area contributed by atoms with Crippen molar-refractivity contribution in [3.63, 3.8) is 0 Å². The van der Waals surface area contributed by atoms with Gasteiger partial charge in [0, 0.05) is 6.08 Å². The normalized spacial score (nSPS) is 12.1. The Kier molecular flexibility index (Phi) is 4.91. The Hall–Kier alpha value is -0.930. The largest absolute Gasteiger partial charge is 0.461 e. The molecule has 0 aliphatic rings. The quantitative estimate of drug-likeness (QED) is 0.463. The third kappa shape index (κ3) is 8.09. The number of ether oxygens (including phenoxy) is 1. The van der Waals surface area contributed by atoms with Crippen molar-refractivity contribution in [1.29, 1.82) is 0 Å². The lowest BCUT2D eigenvalue weighted by Crippen LogP contribution is -2.33. The molecule has 0 radical (unpaired) electrons. The van der Waals surface area contributed by atoms with Crippen LogP contribution in [0, 0.1) is 0 Å². The number of carbonyl (C=O) groups excluding carboxylic acids is 1. The Balaban J connectivity index is 4.18. The van der Waals surface area contributed by atoms with Crippen LogP contribution in [-0.2, 0) is 29.6 Å². The lowest BCUT2D eigenvalue weighted by Gasteiger charge is -2.04. The number of sulfonamides is 2. The molecule has 0 aromatic rings. The molecule has 0 aliphatic carbocycles. The van der Waals surface area contributed by atoms with Crippen LogP contribution in [0.25, 0.3) is 0 Å². The number of rotatable bonds is 6. The minimum atomic E-state index is -3.99. The van der Waals surface area contributed by atoms with E-state index in [9.17, 15) is 21.6 Å². The van der Waals surface area contributed by atoms with E-state index in [0.717, 1.165) is 6.08 Å². The molecule has 0 fully saturated rings. The highest BCUT2D eigenvalue weighted by Gasteiger charge is 2.16. The van der Waals surface area contributed by atoms with Crippen LogP contribution in [-0.4, -0.2) is 41.4 Å². The minimum Gasteiger partial charge on any atom is -0.461 e. The highest BCUT2D eigenvalue weighted by Crippen LogP contribution is 1.89. The summed E-state index contributed by atoms with van der Waals surface area (Å²) in [7, 11) is -7.83. The van der Waals surface area contributed by atoms with Crippen LogP contribution in [0.1, 0.15) is 0 Å². The molecule has 0 saturated heterocycles. The van der Waals surface area contributed by atoms with E-state index in [0.29, 0.717) is 6.26 Å². The van der Waals surface area contributed by atoms with Crippen LogP contribution in [0.5, 0.6) is 0 Å². The molecule has 0 spiro atoms. The molecule has 0 heterocycles. The number of hydrogen-bond acceptors (Lipinski definition) is 6. The van der Waals surface area contributed by atoms with E-state index < -0.39 is 38.4 Å². The summed E-state index contributed by atoms with van der Waals surface area (Å²) in [6.07, 6.45) is 1.58. The van der Waals surface area contributed by atoms with Gasteiger partial charge < -0.3 is 4.74 Å². The second-order valence-electron chi connectivity index (χ2n) is 2.55. The molecule has 0 bridgehead atoms. The van der Waals surface area contributed by atoms with Gasteiger partial charge in [-0.25, -0.2) is 21.6 Å². The fourth-order valence-corrected chi connectivity index (χ4v) is 3.06. The van der Waals surface area contributed by atoms with Gasteiger partial charge in [0.25, 0.3) is 0 Å². The molecule has 0 amide bonds. The van der Waals surface area contributed by atoms with Gasteiger partial charge in [0.2, 0.25) is 20.0 Å². The SMILES string of the molecule is C=CC(=O)OCCS(=O)(=O)NS(C)(=O)=O. The average Bonchev–Trinajstić information content (AvgIpc) is 1.98. The first-order valence-electron chi connectivity index (χ1n) is 3.67. The number of esters is 1. The lowest BCUT2D eigenvalue weighted by molar-refractivity contribution is -0.137. The van der Waals surface area contributed by atoms with Crippen molar-refractivity contribution in [2.45, 2.75) is 0 Å². The smallest absolute Gasteiger partial charge is 0.330 e. The van der Waals surface area contributed by atoms with Crippen molar-refractivity contribution in [1.82, 2.24) is 4.13 Å². The first kappa shape index (κ1) is 14.1. The van der Waals surface area contributed by atoms with Crippen LogP contribution < -0.4 is 4.13 Å². The summed E-state index contributed by atoms with van der Waals surface area (Å²) >= 11 is 0. The maximum absolute atomic E-state index is 11.0. The fourth-order valence-electron chi connectivity index (χ4n) is 0.583. The number of carbonyl (C=O) groups is 1. The second kappa shape index (κ2) is 5.24. The third-order valence-corrected chi connectivity index (χ3v) is 3.97. The molecule has 0 unspecified atom stereocenters. The summed E-state index contributed by atoms with van der Waals surface area (Å²) in [5.74, 6) is -1.40. The molecule has 88 valence electrons. The maximum Gasteiger partial charge on any atom is 0.330 e. The number of nitrogens with one attached hydrogen (secondary N) is 1. The second-order valence-corrected chi connectivity index (χ2v) is 6.39. The first-order valence-corrected chi connectivity index (χ1v) is 7.21. The predicted molar refractivity (Wildman–Crippen MR) is 52.9 cm³/mol. The van der Waals surface area contributed by atoms with Gasteiger partial charge in [0.15, 0.2) is 0 Å². The average molecular weight is 257 g/mol.